The summed E-state index contributed by atoms with van der Waals surface area (Å²) in [7, 11) is 0. The summed E-state index contributed by atoms with van der Waals surface area (Å²) in [6.45, 7) is 2.37. The molecule has 0 amide bonds. The molecule has 3 rings (SSSR count). The Morgan fingerprint density at radius 3 is 2.32 bits per heavy atom. The van der Waals surface area contributed by atoms with Crippen LogP contribution in [0.5, 0.6) is 0 Å². The van der Waals surface area contributed by atoms with Crippen LogP contribution in [0.25, 0.3) is 0 Å². The molecule has 0 N–H and O–H groups in total. The molecule has 2 aromatic carbocycles. The molecule has 0 spiro atoms. The van der Waals surface area contributed by atoms with E-state index in [1.54, 1.807) is 0 Å². The van der Waals surface area contributed by atoms with Crippen molar-refractivity contribution in [3.8, 4) is 0 Å². The Hall–Kier alpha value is -2.13. The van der Waals surface area contributed by atoms with Gasteiger partial charge in [0.25, 0.3) is 0 Å². The van der Waals surface area contributed by atoms with Gasteiger partial charge in [-0.15, -0.1) is 0 Å². The van der Waals surface area contributed by atoms with E-state index in [0.717, 1.165) is 24.8 Å². The van der Waals surface area contributed by atoms with E-state index in [4.69, 9.17) is 9.47 Å². The minimum Gasteiger partial charge on any atom is -0.460 e. The fourth-order valence-corrected chi connectivity index (χ4v) is 3.63. The van der Waals surface area contributed by atoms with Crippen molar-refractivity contribution in [3.63, 3.8) is 0 Å². The molecule has 1 fully saturated rings. The van der Waals surface area contributed by atoms with Crippen LogP contribution in [0.3, 0.4) is 0 Å². The third-order valence-electron chi connectivity index (χ3n) is 4.85. The Balaban J connectivity index is 1.75. The van der Waals surface area contributed by atoms with Gasteiger partial charge in [-0.2, -0.15) is 0 Å². The van der Waals surface area contributed by atoms with Gasteiger partial charge >= 0.3 is 5.97 Å². The lowest BCUT2D eigenvalue weighted by Gasteiger charge is -2.32. The van der Waals surface area contributed by atoms with Gasteiger partial charge < -0.3 is 9.47 Å². The van der Waals surface area contributed by atoms with E-state index in [9.17, 15) is 4.79 Å². The summed E-state index contributed by atoms with van der Waals surface area (Å²) in [5.74, 6) is -0.00201. The fourth-order valence-electron chi connectivity index (χ4n) is 3.63. The summed E-state index contributed by atoms with van der Waals surface area (Å²) in [6, 6.07) is 20.0. The Labute approximate surface area is 150 Å². The second kappa shape index (κ2) is 8.82. The van der Waals surface area contributed by atoms with Crippen LogP contribution in [0, 0.1) is 0 Å². The predicted octanol–water partition coefficient (Wildman–Crippen LogP) is 5.03. The summed E-state index contributed by atoms with van der Waals surface area (Å²) >= 11 is 0. The second-order valence-corrected chi connectivity index (χ2v) is 6.52. The van der Waals surface area contributed by atoms with Gasteiger partial charge in [0.1, 0.15) is 6.10 Å². The molecule has 0 unspecified atom stereocenters. The highest BCUT2D eigenvalue weighted by atomic mass is 16.6. The highest BCUT2D eigenvalue weighted by molar-refractivity contribution is 5.76. The van der Waals surface area contributed by atoms with Gasteiger partial charge in [0, 0.05) is 12.5 Å². The van der Waals surface area contributed by atoms with E-state index in [1.165, 1.54) is 12.0 Å². The monoisotopic (exact) mass is 338 g/mol. The molecule has 0 radical (unpaired) electrons. The number of esters is 1. The Kier molecular flexibility index (Phi) is 6.24. The molecule has 3 atom stereocenters. The van der Waals surface area contributed by atoms with Gasteiger partial charge in [-0.3, -0.25) is 0 Å². The molecule has 0 aliphatic heterocycles. The Bertz CT molecular complexity index is 653. The van der Waals surface area contributed by atoms with Crippen LogP contribution < -0.4 is 0 Å². The van der Waals surface area contributed by atoms with Crippen LogP contribution in [0.1, 0.15) is 55.8 Å². The third-order valence-corrected chi connectivity index (χ3v) is 4.85. The number of carbonyl (C=O) groups is 1. The molecular formula is C22H26O3. The normalized spacial score (nSPS) is 21.5. The van der Waals surface area contributed by atoms with Crippen molar-refractivity contribution >= 4 is 5.97 Å². The van der Waals surface area contributed by atoms with Gasteiger partial charge in [0.05, 0.1) is 0 Å². The van der Waals surface area contributed by atoms with Crippen molar-refractivity contribution in [2.45, 2.75) is 50.7 Å². The van der Waals surface area contributed by atoms with Crippen molar-refractivity contribution < 1.29 is 14.3 Å². The maximum absolute atomic E-state index is 12.8. The van der Waals surface area contributed by atoms with Crippen molar-refractivity contribution in [2.75, 3.05) is 6.61 Å². The first-order valence-corrected chi connectivity index (χ1v) is 9.21. The first kappa shape index (κ1) is 17.7. The largest absolute Gasteiger partial charge is 0.460 e. The van der Waals surface area contributed by atoms with E-state index in [2.05, 4.69) is 24.3 Å². The number of hydrogen-bond acceptors (Lipinski definition) is 3. The SMILES string of the molecule is CCO[C@@H](C(=O)O[C@@H]1CCCC[C@H]1c1ccccc1)c1ccccc1. The smallest absolute Gasteiger partial charge is 0.340 e. The number of hydrogen-bond donors (Lipinski definition) is 0. The van der Waals surface area contributed by atoms with Crippen LogP contribution in [0.4, 0.5) is 0 Å². The summed E-state index contributed by atoms with van der Waals surface area (Å²) in [5, 5.41) is 0. The number of ether oxygens (including phenoxy) is 2. The average Bonchev–Trinajstić information content (AvgIpc) is 2.68. The molecule has 2 aromatic rings. The molecule has 25 heavy (non-hydrogen) atoms. The molecular weight excluding hydrogens is 312 g/mol. The molecule has 0 aromatic heterocycles. The lowest BCUT2D eigenvalue weighted by molar-refractivity contribution is -0.165. The van der Waals surface area contributed by atoms with E-state index in [0.29, 0.717) is 6.61 Å². The molecule has 0 saturated heterocycles. The molecule has 1 aliphatic rings. The quantitative estimate of drug-likeness (QED) is 0.693. The topological polar surface area (TPSA) is 35.5 Å². The van der Waals surface area contributed by atoms with Crippen molar-refractivity contribution in [1.82, 2.24) is 0 Å². The zero-order valence-electron chi connectivity index (χ0n) is 14.8. The van der Waals surface area contributed by atoms with Crippen molar-refractivity contribution in [3.05, 3.63) is 71.8 Å². The van der Waals surface area contributed by atoms with Gasteiger partial charge in [0.2, 0.25) is 0 Å². The van der Waals surface area contributed by atoms with Crippen molar-refractivity contribution in [2.24, 2.45) is 0 Å². The standard InChI is InChI=1S/C22H26O3/c1-2-24-21(18-13-7-4-8-14-18)22(23)25-20-16-10-9-15-19(20)17-11-5-3-6-12-17/h3-8,11-14,19-21H,2,9-10,15-16H2,1H3/t19-,20+,21+/m0/s1. The molecule has 3 nitrogen and oxygen atoms in total. The lowest BCUT2D eigenvalue weighted by atomic mass is 9.81. The summed E-state index contributed by atoms with van der Waals surface area (Å²) in [6.07, 6.45) is 3.54. The zero-order chi connectivity index (χ0) is 17.5. The molecule has 1 aliphatic carbocycles. The minimum absolute atomic E-state index is 0.0738. The van der Waals surface area contributed by atoms with E-state index >= 15 is 0 Å². The predicted molar refractivity (Wildman–Crippen MR) is 98.3 cm³/mol. The fraction of sp³-hybridized carbons (Fsp3) is 0.409. The maximum atomic E-state index is 12.8. The molecule has 0 bridgehead atoms. The summed E-state index contributed by atoms with van der Waals surface area (Å²) < 4.78 is 11.7. The second-order valence-electron chi connectivity index (χ2n) is 6.52. The van der Waals surface area contributed by atoms with Crippen molar-refractivity contribution in [1.29, 1.82) is 0 Å². The summed E-state index contributed by atoms with van der Waals surface area (Å²) in [4.78, 5) is 12.8. The lowest BCUT2D eigenvalue weighted by Crippen LogP contribution is -2.31. The Morgan fingerprint density at radius 2 is 1.64 bits per heavy atom. The van der Waals surface area contributed by atoms with Crippen LogP contribution in [-0.2, 0) is 14.3 Å². The summed E-state index contributed by atoms with van der Waals surface area (Å²) in [5.41, 5.74) is 2.11. The average molecular weight is 338 g/mol. The van der Waals surface area contributed by atoms with Crippen LogP contribution in [-0.4, -0.2) is 18.7 Å². The maximum Gasteiger partial charge on any atom is 0.340 e. The first-order valence-electron chi connectivity index (χ1n) is 9.21. The van der Waals surface area contributed by atoms with E-state index < -0.39 is 6.10 Å². The number of benzene rings is 2. The van der Waals surface area contributed by atoms with Gasteiger partial charge in [0.15, 0.2) is 6.10 Å². The first-order chi connectivity index (χ1) is 12.3. The van der Waals surface area contributed by atoms with E-state index in [1.807, 2.05) is 43.3 Å². The van der Waals surface area contributed by atoms with Gasteiger partial charge in [-0.05, 0) is 37.3 Å². The highest BCUT2D eigenvalue weighted by Crippen LogP contribution is 2.36. The Morgan fingerprint density at radius 1 is 1.00 bits per heavy atom. The van der Waals surface area contributed by atoms with Crippen LogP contribution in [0.2, 0.25) is 0 Å². The number of carbonyl (C=O) groups excluding carboxylic acids is 1. The van der Waals surface area contributed by atoms with Crippen LogP contribution in [0.15, 0.2) is 60.7 Å². The molecule has 0 heterocycles. The van der Waals surface area contributed by atoms with E-state index in [-0.39, 0.29) is 18.0 Å². The highest BCUT2D eigenvalue weighted by Gasteiger charge is 2.32. The third kappa shape index (κ3) is 4.49. The van der Waals surface area contributed by atoms with Crippen LogP contribution >= 0.6 is 0 Å². The minimum atomic E-state index is -0.649. The molecule has 132 valence electrons. The molecule has 3 heteroatoms. The number of rotatable bonds is 6. The van der Waals surface area contributed by atoms with Gasteiger partial charge in [-0.25, -0.2) is 4.79 Å². The van der Waals surface area contributed by atoms with Gasteiger partial charge in [-0.1, -0.05) is 67.1 Å². The zero-order valence-corrected chi connectivity index (χ0v) is 14.8. The molecule has 1 saturated carbocycles.